The van der Waals surface area contributed by atoms with E-state index < -0.39 is 5.41 Å². The molecule has 0 aromatic heterocycles. The molecule has 160 valence electrons. The van der Waals surface area contributed by atoms with Crippen LogP contribution in [0.2, 0.25) is 0 Å². The van der Waals surface area contributed by atoms with Crippen LogP contribution in [-0.2, 0) is 9.59 Å². The zero-order valence-electron chi connectivity index (χ0n) is 18.1. The van der Waals surface area contributed by atoms with Gasteiger partial charge in [0.25, 0.3) is 0 Å². The molecule has 6 heteroatoms. The monoisotopic (exact) mass is 418 g/mol. The Hall–Kier alpha value is -1.69. The Labute approximate surface area is 178 Å². The first-order chi connectivity index (χ1) is 13.8. The third kappa shape index (κ3) is 5.68. The number of fused-ring (bicyclic) bond motifs is 1. The van der Waals surface area contributed by atoms with Crippen molar-refractivity contribution in [2.24, 2.45) is 11.3 Å². The maximum absolute atomic E-state index is 13.1. The number of nitrogens with one attached hydrogen (secondary N) is 1. The molecule has 1 aliphatic carbocycles. The molecule has 1 aliphatic heterocycles. The van der Waals surface area contributed by atoms with Gasteiger partial charge in [-0.25, -0.2) is 0 Å². The van der Waals surface area contributed by atoms with Crippen LogP contribution in [0.15, 0.2) is 18.2 Å². The summed E-state index contributed by atoms with van der Waals surface area (Å²) >= 11 is 1.76. The molecule has 1 aromatic carbocycles. The number of benzene rings is 1. The number of thioether (sulfide) groups is 1. The first-order valence-electron chi connectivity index (χ1n) is 10.8. The minimum absolute atomic E-state index is 0.0172. The quantitative estimate of drug-likeness (QED) is 0.669. The third-order valence-corrected chi connectivity index (χ3v) is 7.00. The largest absolute Gasteiger partial charge is 0.490 e. The minimum Gasteiger partial charge on any atom is -0.490 e. The number of rotatable bonds is 7. The molecule has 1 heterocycles. The SMILES string of the molecule is CC(C)CCN1C(=O)C(C)(C)COc2cc(NC(=O)CSC3CCCC3)ccc21. The maximum Gasteiger partial charge on any atom is 0.236 e. The van der Waals surface area contributed by atoms with Crippen LogP contribution in [-0.4, -0.2) is 36.0 Å². The predicted molar refractivity (Wildman–Crippen MR) is 121 cm³/mol. The van der Waals surface area contributed by atoms with Crippen molar-refractivity contribution in [1.82, 2.24) is 0 Å². The molecule has 0 saturated heterocycles. The Balaban J connectivity index is 1.71. The third-order valence-electron chi connectivity index (χ3n) is 5.63. The van der Waals surface area contributed by atoms with E-state index in [0.29, 0.717) is 35.8 Å². The smallest absolute Gasteiger partial charge is 0.236 e. The molecular weight excluding hydrogens is 384 g/mol. The van der Waals surface area contributed by atoms with E-state index in [2.05, 4.69) is 19.2 Å². The summed E-state index contributed by atoms with van der Waals surface area (Å²) in [6.45, 7) is 9.16. The van der Waals surface area contributed by atoms with E-state index in [1.54, 1.807) is 11.8 Å². The van der Waals surface area contributed by atoms with Gasteiger partial charge >= 0.3 is 0 Å². The standard InChI is InChI=1S/C23H34N2O3S/c1-16(2)11-12-25-19-10-9-17(13-20(19)28-15-23(3,4)22(25)27)24-21(26)14-29-18-7-5-6-8-18/h9-10,13,16,18H,5-8,11-12,14-15H2,1-4H3,(H,24,26). The highest BCUT2D eigenvalue weighted by Gasteiger charge is 2.37. The highest BCUT2D eigenvalue weighted by molar-refractivity contribution is 8.00. The van der Waals surface area contributed by atoms with E-state index in [4.69, 9.17) is 4.74 Å². The van der Waals surface area contributed by atoms with Crippen LogP contribution in [0, 0.1) is 11.3 Å². The number of carbonyl (C=O) groups is 2. The molecule has 1 fully saturated rings. The molecule has 0 atom stereocenters. The Morgan fingerprint density at radius 2 is 2.03 bits per heavy atom. The predicted octanol–water partition coefficient (Wildman–Crippen LogP) is 5.10. The average Bonchev–Trinajstić information content (AvgIpc) is 3.16. The first-order valence-corrected chi connectivity index (χ1v) is 11.8. The highest BCUT2D eigenvalue weighted by Crippen LogP contribution is 2.38. The maximum atomic E-state index is 13.1. The minimum atomic E-state index is -0.586. The van der Waals surface area contributed by atoms with Crippen molar-refractivity contribution >= 4 is 35.0 Å². The van der Waals surface area contributed by atoms with Gasteiger partial charge in [0, 0.05) is 23.5 Å². The van der Waals surface area contributed by atoms with E-state index in [1.807, 2.05) is 36.9 Å². The molecule has 0 bridgehead atoms. The van der Waals surface area contributed by atoms with Crippen LogP contribution >= 0.6 is 11.8 Å². The summed E-state index contributed by atoms with van der Waals surface area (Å²) in [5.74, 6) is 1.75. The number of ether oxygens (including phenoxy) is 1. The lowest BCUT2D eigenvalue weighted by Crippen LogP contribution is -2.42. The summed E-state index contributed by atoms with van der Waals surface area (Å²) in [6, 6.07) is 5.62. The van der Waals surface area contributed by atoms with Gasteiger partial charge in [-0.05, 0) is 51.2 Å². The van der Waals surface area contributed by atoms with E-state index >= 15 is 0 Å². The van der Waals surface area contributed by atoms with Gasteiger partial charge in [-0.2, -0.15) is 0 Å². The van der Waals surface area contributed by atoms with Crippen LogP contribution in [0.4, 0.5) is 11.4 Å². The van der Waals surface area contributed by atoms with Crippen molar-refractivity contribution in [3.05, 3.63) is 18.2 Å². The number of hydrogen-bond acceptors (Lipinski definition) is 4. The van der Waals surface area contributed by atoms with Gasteiger partial charge < -0.3 is 15.0 Å². The number of anilines is 2. The molecule has 5 nitrogen and oxygen atoms in total. The van der Waals surface area contributed by atoms with E-state index in [1.165, 1.54) is 25.7 Å². The van der Waals surface area contributed by atoms with Gasteiger partial charge in [-0.3, -0.25) is 9.59 Å². The lowest BCUT2D eigenvalue weighted by atomic mass is 9.92. The molecule has 0 spiro atoms. The fourth-order valence-electron chi connectivity index (χ4n) is 3.78. The van der Waals surface area contributed by atoms with Crippen molar-refractivity contribution in [3.8, 4) is 5.75 Å². The highest BCUT2D eigenvalue weighted by atomic mass is 32.2. The molecular formula is C23H34N2O3S. The Kier molecular flexibility index (Phi) is 7.14. The summed E-state index contributed by atoms with van der Waals surface area (Å²) in [5.41, 5.74) is 0.924. The number of hydrogen-bond donors (Lipinski definition) is 1. The van der Waals surface area contributed by atoms with Gasteiger partial charge in [0.15, 0.2) is 0 Å². The number of amides is 2. The lowest BCUT2D eigenvalue weighted by molar-refractivity contribution is -0.127. The zero-order chi connectivity index (χ0) is 21.0. The van der Waals surface area contributed by atoms with Gasteiger partial charge in [0.2, 0.25) is 11.8 Å². The average molecular weight is 419 g/mol. The van der Waals surface area contributed by atoms with Crippen molar-refractivity contribution < 1.29 is 14.3 Å². The molecule has 1 N–H and O–H groups in total. The number of carbonyl (C=O) groups excluding carboxylic acids is 2. The fourth-order valence-corrected chi connectivity index (χ4v) is 4.91. The Morgan fingerprint density at radius 3 is 2.72 bits per heavy atom. The Bertz CT molecular complexity index is 742. The zero-order valence-corrected chi connectivity index (χ0v) is 18.9. The van der Waals surface area contributed by atoms with E-state index in [0.717, 1.165) is 17.8 Å². The summed E-state index contributed by atoms with van der Waals surface area (Å²) in [5, 5.41) is 3.61. The summed E-state index contributed by atoms with van der Waals surface area (Å²) in [7, 11) is 0. The molecule has 2 aliphatic rings. The molecule has 2 amide bonds. The molecule has 3 rings (SSSR count). The second-order valence-corrected chi connectivity index (χ2v) is 10.5. The second-order valence-electron chi connectivity index (χ2n) is 9.26. The van der Waals surface area contributed by atoms with Crippen molar-refractivity contribution in [1.29, 1.82) is 0 Å². The molecule has 29 heavy (non-hydrogen) atoms. The molecule has 1 saturated carbocycles. The molecule has 0 unspecified atom stereocenters. The second kappa shape index (κ2) is 9.41. The fraction of sp³-hybridized carbons (Fsp3) is 0.652. The lowest BCUT2D eigenvalue weighted by Gasteiger charge is -2.28. The number of nitrogens with zero attached hydrogens (tertiary/aromatic N) is 1. The van der Waals surface area contributed by atoms with E-state index in [9.17, 15) is 9.59 Å². The van der Waals surface area contributed by atoms with Crippen LogP contribution in [0.5, 0.6) is 5.75 Å². The topological polar surface area (TPSA) is 58.6 Å². The molecule has 0 radical (unpaired) electrons. The van der Waals surface area contributed by atoms with Crippen LogP contribution < -0.4 is 15.0 Å². The van der Waals surface area contributed by atoms with Crippen LogP contribution in [0.25, 0.3) is 0 Å². The summed E-state index contributed by atoms with van der Waals surface area (Å²) < 4.78 is 6.02. The van der Waals surface area contributed by atoms with Crippen molar-refractivity contribution in [2.45, 2.75) is 65.0 Å². The summed E-state index contributed by atoms with van der Waals surface area (Å²) in [6.07, 6.45) is 5.94. The molecule has 1 aromatic rings. The van der Waals surface area contributed by atoms with Gasteiger partial charge in [-0.1, -0.05) is 26.7 Å². The van der Waals surface area contributed by atoms with Crippen LogP contribution in [0.1, 0.15) is 59.8 Å². The summed E-state index contributed by atoms with van der Waals surface area (Å²) in [4.78, 5) is 27.3. The van der Waals surface area contributed by atoms with Gasteiger partial charge in [-0.15, -0.1) is 11.8 Å². The first kappa shape index (κ1) is 22.0. The normalized spacial score (nSPS) is 19.1. The van der Waals surface area contributed by atoms with Gasteiger partial charge in [0.1, 0.15) is 12.4 Å². The van der Waals surface area contributed by atoms with Gasteiger partial charge in [0.05, 0.1) is 16.9 Å². The van der Waals surface area contributed by atoms with Crippen molar-refractivity contribution in [2.75, 3.05) is 29.1 Å². The Morgan fingerprint density at radius 1 is 1.31 bits per heavy atom. The van der Waals surface area contributed by atoms with Crippen LogP contribution in [0.3, 0.4) is 0 Å². The van der Waals surface area contributed by atoms with Crippen molar-refractivity contribution in [3.63, 3.8) is 0 Å². The van der Waals surface area contributed by atoms with E-state index in [-0.39, 0.29) is 11.8 Å².